The summed E-state index contributed by atoms with van der Waals surface area (Å²) in [7, 11) is 0. The summed E-state index contributed by atoms with van der Waals surface area (Å²) in [6, 6.07) is 70.0. The number of benzene rings is 8. The molecule has 3 unspecified atom stereocenters. The van der Waals surface area contributed by atoms with Gasteiger partial charge < -0.3 is 0 Å². The topological polar surface area (TPSA) is 38.7 Å². The molecule has 4 heteroatoms. The molecule has 306 valence electrons. The van der Waals surface area contributed by atoms with Crippen LogP contribution in [0.5, 0.6) is 0 Å². The first-order valence-electron chi connectivity index (χ1n) is 22.4. The van der Waals surface area contributed by atoms with Crippen molar-refractivity contribution in [3.05, 3.63) is 210 Å². The van der Waals surface area contributed by atoms with Gasteiger partial charge in [-0.25, -0.2) is 15.0 Å². The Bertz CT molecular complexity index is 2950. The SMILES string of the molecule is CC1(c2ccc(-c3ccc4cc(-c5nc(-c6ccc(-c7ccccc7)cc6)nc(-c6ccc(-c7ccccc7)cc6)n5)ccc4c3)cc2)CC2CCCC(c3ccc(Br)cc3)(C2)C1. The van der Waals surface area contributed by atoms with E-state index in [-0.39, 0.29) is 10.8 Å². The molecular formula is C59H48BrN3. The number of halogens is 1. The fraction of sp³-hybridized carbons (Fsp3) is 0.169. The van der Waals surface area contributed by atoms with Crippen molar-refractivity contribution >= 4 is 26.7 Å². The Labute approximate surface area is 379 Å². The van der Waals surface area contributed by atoms with Crippen molar-refractivity contribution in [2.75, 3.05) is 0 Å². The Morgan fingerprint density at radius 1 is 0.429 bits per heavy atom. The van der Waals surface area contributed by atoms with Crippen LogP contribution in [0.2, 0.25) is 0 Å². The average molecular weight is 879 g/mol. The van der Waals surface area contributed by atoms with Gasteiger partial charge in [0.1, 0.15) is 0 Å². The lowest BCUT2D eigenvalue weighted by Gasteiger charge is -2.53. The number of hydrogen-bond donors (Lipinski definition) is 0. The van der Waals surface area contributed by atoms with Crippen LogP contribution in [0.15, 0.2) is 199 Å². The van der Waals surface area contributed by atoms with Gasteiger partial charge in [-0.05, 0) is 122 Å². The van der Waals surface area contributed by atoms with Gasteiger partial charge in [0.25, 0.3) is 0 Å². The van der Waals surface area contributed by atoms with Crippen LogP contribution in [0, 0.1) is 5.92 Å². The molecule has 0 radical (unpaired) electrons. The second-order valence-electron chi connectivity index (χ2n) is 18.2. The molecule has 0 amide bonds. The fourth-order valence-electron chi connectivity index (χ4n) is 10.9. The van der Waals surface area contributed by atoms with Crippen LogP contribution < -0.4 is 0 Å². The van der Waals surface area contributed by atoms with Gasteiger partial charge in [-0.1, -0.05) is 206 Å². The molecule has 8 aromatic carbocycles. The molecular weight excluding hydrogens is 831 g/mol. The molecule has 9 aromatic rings. The maximum absolute atomic E-state index is 5.11. The van der Waals surface area contributed by atoms with E-state index in [4.69, 9.17) is 15.0 Å². The summed E-state index contributed by atoms with van der Waals surface area (Å²) in [5.74, 6) is 2.72. The maximum Gasteiger partial charge on any atom is 0.164 e. The third kappa shape index (κ3) is 7.83. The summed E-state index contributed by atoms with van der Waals surface area (Å²) in [5.41, 5.74) is 13.4. The smallest absolute Gasteiger partial charge is 0.164 e. The van der Waals surface area contributed by atoms with Crippen molar-refractivity contribution in [2.24, 2.45) is 5.92 Å². The van der Waals surface area contributed by atoms with Crippen LogP contribution in [0.25, 0.3) is 78.3 Å². The molecule has 1 heterocycles. The van der Waals surface area contributed by atoms with Crippen molar-refractivity contribution in [3.8, 4) is 67.5 Å². The van der Waals surface area contributed by atoms with Crippen LogP contribution in [0.1, 0.15) is 56.6 Å². The summed E-state index contributed by atoms with van der Waals surface area (Å²) >= 11 is 3.67. The second-order valence-corrected chi connectivity index (χ2v) is 19.2. The molecule has 2 aliphatic carbocycles. The van der Waals surface area contributed by atoms with Gasteiger partial charge in [0.05, 0.1) is 0 Å². The molecule has 0 aliphatic heterocycles. The number of aromatic nitrogens is 3. The van der Waals surface area contributed by atoms with Crippen LogP contribution in [0.4, 0.5) is 0 Å². The zero-order valence-corrected chi connectivity index (χ0v) is 37.1. The lowest BCUT2D eigenvalue weighted by molar-refractivity contribution is 0.0874. The van der Waals surface area contributed by atoms with Crippen LogP contribution in [-0.2, 0) is 10.8 Å². The highest BCUT2D eigenvalue weighted by atomic mass is 79.9. The molecule has 0 saturated heterocycles. The first kappa shape index (κ1) is 39.4. The Kier molecular flexibility index (Phi) is 10.2. The van der Waals surface area contributed by atoms with Gasteiger partial charge in [-0.2, -0.15) is 0 Å². The second kappa shape index (κ2) is 16.3. The first-order chi connectivity index (χ1) is 30.9. The van der Waals surface area contributed by atoms with Gasteiger partial charge in [0.2, 0.25) is 0 Å². The highest BCUT2D eigenvalue weighted by Crippen LogP contribution is 2.57. The molecule has 1 aromatic heterocycles. The molecule has 63 heavy (non-hydrogen) atoms. The maximum atomic E-state index is 5.11. The van der Waals surface area contributed by atoms with E-state index in [1.165, 1.54) is 77.3 Å². The van der Waals surface area contributed by atoms with Gasteiger partial charge >= 0.3 is 0 Å². The standard InChI is InChI=1S/C59H48BrN3/c1-58(37-40-9-8-34-59(38-40,39-58)53-30-32-54(60)33-31-53)52-28-26-45(27-29-52)48-22-23-50-36-51(25-24-49(50)35-48)57-62-55(46-18-14-43(15-19-46)41-10-4-2-5-11-41)61-56(63-57)47-20-16-44(17-21-47)42-12-6-3-7-13-42/h2-7,10-33,35-36,40H,8-9,34,37-39H2,1H3. The third-order valence-electron chi connectivity index (χ3n) is 14.0. The molecule has 3 nitrogen and oxygen atoms in total. The third-order valence-corrected chi connectivity index (χ3v) is 14.5. The summed E-state index contributed by atoms with van der Waals surface area (Å²) in [6.45, 7) is 2.53. The quantitative estimate of drug-likeness (QED) is 0.153. The fourth-order valence-corrected chi connectivity index (χ4v) is 11.2. The molecule has 11 rings (SSSR count). The Balaban J connectivity index is 0.895. The number of nitrogens with zero attached hydrogens (tertiary/aromatic N) is 3. The van der Waals surface area contributed by atoms with Crippen molar-refractivity contribution in [1.82, 2.24) is 15.0 Å². The minimum atomic E-state index is 0.153. The highest BCUT2D eigenvalue weighted by Gasteiger charge is 2.49. The van der Waals surface area contributed by atoms with E-state index in [0.717, 1.165) is 43.6 Å². The lowest BCUT2D eigenvalue weighted by Crippen LogP contribution is -2.46. The monoisotopic (exact) mass is 877 g/mol. The zero-order valence-electron chi connectivity index (χ0n) is 35.5. The van der Waals surface area contributed by atoms with E-state index in [2.05, 4.69) is 205 Å². The van der Waals surface area contributed by atoms with Crippen molar-refractivity contribution in [1.29, 1.82) is 0 Å². The van der Waals surface area contributed by atoms with E-state index in [9.17, 15) is 0 Å². The van der Waals surface area contributed by atoms with Gasteiger partial charge in [0.15, 0.2) is 17.5 Å². The highest BCUT2D eigenvalue weighted by molar-refractivity contribution is 9.10. The minimum Gasteiger partial charge on any atom is -0.208 e. The van der Waals surface area contributed by atoms with E-state index in [1.54, 1.807) is 0 Å². The zero-order chi connectivity index (χ0) is 42.4. The molecule has 2 bridgehead atoms. The number of fused-ring (bicyclic) bond motifs is 3. The van der Waals surface area contributed by atoms with Crippen LogP contribution in [0.3, 0.4) is 0 Å². The Morgan fingerprint density at radius 3 is 1.43 bits per heavy atom. The lowest BCUT2D eigenvalue weighted by atomic mass is 9.51. The Hall–Kier alpha value is -6.49. The Morgan fingerprint density at radius 2 is 0.857 bits per heavy atom. The summed E-state index contributed by atoms with van der Waals surface area (Å²) in [4.78, 5) is 15.3. The van der Waals surface area contributed by atoms with Crippen molar-refractivity contribution < 1.29 is 0 Å². The van der Waals surface area contributed by atoms with E-state index < -0.39 is 0 Å². The number of hydrogen-bond acceptors (Lipinski definition) is 3. The summed E-state index contributed by atoms with van der Waals surface area (Å²) in [5, 5.41) is 2.33. The van der Waals surface area contributed by atoms with E-state index >= 15 is 0 Å². The predicted molar refractivity (Wildman–Crippen MR) is 264 cm³/mol. The largest absolute Gasteiger partial charge is 0.208 e. The van der Waals surface area contributed by atoms with Crippen LogP contribution in [-0.4, -0.2) is 15.0 Å². The van der Waals surface area contributed by atoms with Crippen LogP contribution >= 0.6 is 15.9 Å². The molecule has 2 saturated carbocycles. The van der Waals surface area contributed by atoms with Crippen molar-refractivity contribution in [2.45, 2.75) is 56.3 Å². The van der Waals surface area contributed by atoms with Gasteiger partial charge in [-0.15, -0.1) is 0 Å². The number of rotatable bonds is 8. The van der Waals surface area contributed by atoms with E-state index in [1.807, 2.05) is 12.1 Å². The van der Waals surface area contributed by atoms with Gasteiger partial charge in [0, 0.05) is 21.2 Å². The molecule has 3 atom stereocenters. The molecule has 2 aliphatic rings. The summed E-state index contributed by atoms with van der Waals surface area (Å²) in [6.07, 6.45) is 7.79. The van der Waals surface area contributed by atoms with E-state index in [0.29, 0.717) is 17.5 Å². The average Bonchev–Trinajstić information content (AvgIpc) is 3.34. The predicted octanol–water partition coefficient (Wildman–Crippen LogP) is 16.0. The molecule has 2 fully saturated rings. The van der Waals surface area contributed by atoms with Gasteiger partial charge in [-0.3, -0.25) is 0 Å². The molecule has 0 spiro atoms. The minimum absolute atomic E-state index is 0.153. The normalized spacial score (nSPS) is 19.5. The first-order valence-corrected chi connectivity index (χ1v) is 23.1. The van der Waals surface area contributed by atoms with Crippen molar-refractivity contribution in [3.63, 3.8) is 0 Å². The molecule has 0 N–H and O–H groups in total. The summed E-state index contributed by atoms with van der Waals surface area (Å²) < 4.78 is 1.16.